The fourth-order valence-corrected chi connectivity index (χ4v) is 3.96. The lowest BCUT2D eigenvalue weighted by molar-refractivity contribution is 0.529. The number of nitrogens with one attached hydrogen (secondary N) is 1. The van der Waals surface area contributed by atoms with Gasteiger partial charge in [-0.2, -0.15) is 0 Å². The van der Waals surface area contributed by atoms with E-state index in [9.17, 15) is 12.8 Å². The highest BCUT2D eigenvalue weighted by Gasteiger charge is 2.29. The summed E-state index contributed by atoms with van der Waals surface area (Å²) in [6.07, 6.45) is 0. The van der Waals surface area contributed by atoms with Crippen LogP contribution in [0.2, 0.25) is 0 Å². The molecule has 0 saturated heterocycles. The molecule has 26 heavy (non-hydrogen) atoms. The second-order valence-corrected chi connectivity index (χ2v) is 7.29. The van der Waals surface area contributed by atoms with Crippen LogP contribution < -0.4 is 10.5 Å². The molecule has 0 aliphatic heterocycles. The molecule has 0 aliphatic rings. The van der Waals surface area contributed by atoms with E-state index in [1.54, 1.807) is 37.3 Å². The summed E-state index contributed by atoms with van der Waals surface area (Å²) in [5.41, 5.74) is 6.42. The van der Waals surface area contributed by atoms with Crippen LogP contribution in [0.15, 0.2) is 64.0 Å². The molecule has 136 valence electrons. The summed E-state index contributed by atoms with van der Waals surface area (Å²) in [6, 6.07) is 13.7. The maximum atomic E-state index is 14.0. The molecule has 0 bridgehead atoms. The van der Waals surface area contributed by atoms with Gasteiger partial charge in [0.2, 0.25) is 5.03 Å². The molecule has 3 rings (SSSR count). The SMILES string of the molecule is Cc1nc(S(=O)(=O)NC(CN)c2ccccc2F)c(-c2ccccc2)o1. The first-order valence-corrected chi connectivity index (χ1v) is 9.40. The molecule has 1 atom stereocenters. The molecular weight excluding hydrogens is 357 g/mol. The molecular formula is C18H18FN3O3S. The van der Waals surface area contributed by atoms with E-state index in [1.165, 1.54) is 18.2 Å². The van der Waals surface area contributed by atoms with Gasteiger partial charge in [-0.25, -0.2) is 22.5 Å². The van der Waals surface area contributed by atoms with Gasteiger partial charge in [-0.3, -0.25) is 0 Å². The van der Waals surface area contributed by atoms with Crippen LogP contribution in [-0.4, -0.2) is 19.9 Å². The maximum absolute atomic E-state index is 14.0. The quantitative estimate of drug-likeness (QED) is 0.690. The van der Waals surface area contributed by atoms with Crippen LogP contribution in [0.25, 0.3) is 11.3 Å². The van der Waals surface area contributed by atoms with Crippen molar-refractivity contribution in [1.82, 2.24) is 9.71 Å². The van der Waals surface area contributed by atoms with Gasteiger partial charge in [0.1, 0.15) is 5.82 Å². The van der Waals surface area contributed by atoms with Crippen molar-refractivity contribution >= 4 is 10.0 Å². The van der Waals surface area contributed by atoms with E-state index < -0.39 is 21.9 Å². The molecule has 0 aliphatic carbocycles. The van der Waals surface area contributed by atoms with Crippen LogP contribution >= 0.6 is 0 Å². The van der Waals surface area contributed by atoms with Crippen molar-refractivity contribution in [2.75, 3.05) is 6.54 Å². The van der Waals surface area contributed by atoms with Crippen LogP contribution in [0.5, 0.6) is 0 Å². The Bertz CT molecular complexity index is 1000. The van der Waals surface area contributed by atoms with Gasteiger partial charge < -0.3 is 10.2 Å². The van der Waals surface area contributed by atoms with Crippen molar-refractivity contribution < 1.29 is 17.2 Å². The number of halogens is 1. The standard InChI is InChI=1S/C18H18FN3O3S/c1-12-21-18(17(25-12)13-7-3-2-4-8-13)26(23,24)22-16(11-20)14-9-5-6-10-15(14)19/h2-10,16,22H,11,20H2,1H3. The van der Waals surface area contributed by atoms with Crippen molar-refractivity contribution in [1.29, 1.82) is 0 Å². The molecule has 2 aromatic carbocycles. The second-order valence-electron chi connectivity index (χ2n) is 5.66. The zero-order valence-corrected chi connectivity index (χ0v) is 14.8. The van der Waals surface area contributed by atoms with Gasteiger partial charge >= 0.3 is 0 Å². The van der Waals surface area contributed by atoms with Crippen molar-refractivity contribution in [3.63, 3.8) is 0 Å². The number of nitrogens with zero attached hydrogens (tertiary/aromatic N) is 1. The van der Waals surface area contributed by atoms with Crippen molar-refractivity contribution in [2.24, 2.45) is 5.73 Å². The Morgan fingerprint density at radius 2 is 1.81 bits per heavy atom. The van der Waals surface area contributed by atoms with Crippen LogP contribution in [0, 0.1) is 12.7 Å². The average Bonchev–Trinajstić information content (AvgIpc) is 3.04. The van der Waals surface area contributed by atoms with Crippen molar-refractivity contribution in [2.45, 2.75) is 18.0 Å². The van der Waals surface area contributed by atoms with E-state index in [2.05, 4.69) is 9.71 Å². The van der Waals surface area contributed by atoms with Gasteiger partial charge in [0.15, 0.2) is 11.7 Å². The summed E-state index contributed by atoms with van der Waals surface area (Å²) in [6.45, 7) is 1.44. The van der Waals surface area contributed by atoms with Crippen LogP contribution in [0.4, 0.5) is 4.39 Å². The Kier molecular flexibility index (Phi) is 5.17. The van der Waals surface area contributed by atoms with E-state index in [1.807, 2.05) is 6.07 Å². The van der Waals surface area contributed by atoms with E-state index in [4.69, 9.17) is 10.2 Å². The van der Waals surface area contributed by atoms with Gasteiger partial charge in [-0.05, 0) is 6.07 Å². The average molecular weight is 375 g/mol. The number of benzene rings is 2. The van der Waals surface area contributed by atoms with Gasteiger partial charge in [-0.1, -0.05) is 48.5 Å². The summed E-state index contributed by atoms with van der Waals surface area (Å²) in [5.74, 6) is -0.204. The number of hydrogen-bond acceptors (Lipinski definition) is 5. The molecule has 6 nitrogen and oxygen atoms in total. The molecule has 1 aromatic heterocycles. The highest BCUT2D eigenvalue weighted by Crippen LogP contribution is 2.29. The number of sulfonamides is 1. The molecule has 3 N–H and O–H groups in total. The normalized spacial score (nSPS) is 12.9. The second kappa shape index (κ2) is 7.36. The first kappa shape index (κ1) is 18.2. The predicted octanol–water partition coefficient (Wildman–Crippen LogP) is 2.77. The number of oxazole rings is 1. The summed E-state index contributed by atoms with van der Waals surface area (Å²) >= 11 is 0. The first-order chi connectivity index (χ1) is 12.4. The van der Waals surface area contributed by atoms with E-state index in [0.717, 1.165) is 0 Å². The zero-order chi connectivity index (χ0) is 18.7. The monoisotopic (exact) mass is 375 g/mol. The largest absolute Gasteiger partial charge is 0.440 e. The highest BCUT2D eigenvalue weighted by atomic mass is 32.2. The van der Waals surface area contributed by atoms with E-state index >= 15 is 0 Å². The Morgan fingerprint density at radius 1 is 1.15 bits per heavy atom. The number of hydrogen-bond donors (Lipinski definition) is 2. The molecule has 1 unspecified atom stereocenters. The lowest BCUT2D eigenvalue weighted by Gasteiger charge is -2.17. The van der Waals surface area contributed by atoms with Crippen LogP contribution in [0.1, 0.15) is 17.5 Å². The topological polar surface area (TPSA) is 98.2 Å². The molecule has 0 spiro atoms. The van der Waals surface area contributed by atoms with E-state index in [0.29, 0.717) is 5.56 Å². The summed E-state index contributed by atoms with van der Waals surface area (Å²) in [4.78, 5) is 4.01. The summed E-state index contributed by atoms with van der Waals surface area (Å²) in [5, 5.41) is -0.254. The summed E-state index contributed by atoms with van der Waals surface area (Å²) in [7, 11) is -4.10. The fourth-order valence-electron chi connectivity index (χ4n) is 2.60. The van der Waals surface area contributed by atoms with Crippen molar-refractivity contribution in [3.8, 4) is 11.3 Å². The third-order valence-electron chi connectivity index (χ3n) is 3.81. The third kappa shape index (κ3) is 3.67. The zero-order valence-electron chi connectivity index (χ0n) is 14.0. The molecule has 3 aromatic rings. The predicted molar refractivity (Wildman–Crippen MR) is 95.2 cm³/mol. The van der Waals surface area contributed by atoms with Crippen LogP contribution in [0.3, 0.4) is 0 Å². The Balaban J connectivity index is 2.00. The summed E-state index contributed by atoms with van der Waals surface area (Å²) < 4.78 is 47.7. The number of aryl methyl sites for hydroxylation is 1. The molecule has 8 heteroatoms. The third-order valence-corrected chi connectivity index (χ3v) is 5.19. The minimum absolute atomic E-state index is 0.113. The fraction of sp³-hybridized carbons (Fsp3) is 0.167. The minimum atomic E-state index is -4.10. The Morgan fingerprint density at radius 3 is 2.46 bits per heavy atom. The maximum Gasteiger partial charge on any atom is 0.262 e. The smallest absolute Gasteiger partial charge is 0.262 e. The lowest BCUT2D eigenvalue weighted by atomic mass is 10.1. The number of nitrogens with two attached hydrogens (primary N) is 1. The van der Waals surface area contributed by atoms with Crippen LogP contribution in [-0.2, 0) is 10.0 Å². The first-order valence-electron chi connectivity index (χ1n) is 7.92. The highest BCUT2D eigenvalue weighted by molar-refractivity contribution is 7.89. The molecule has 0 amide bonds. The van der Waals surface area contributed by atoms with Crippen molar-refractivity contribution in [3.05, 3.63) is 71.9 Å². The molecule has 0 saturated carbocycles. The number of aromatic nitrogens is 1. The Hall–Kier alpha value is -2.55. The molecule has 0 radical (unpaired) electrons. The lowest BCUT2D eigenvalue weighted by Crippen LogP contribution is -2.34. The Labute approximate surface area is 150 Å². The number of rotatable bonds is 6. The minimum Gasteiger partial charge on any atom is -0.440 e. The molecule has 0 fully saturated rings. The van der Waals surface area contributed by atoms with Gasteiger partial charge in [0.25, 0.3) is 10.0 Å². The van der Waals surface area contributed by atoms with E-state index in [-0.39, 0.29) is 28.8 Å². The van der Waals surface area contributed by atoms with Gasteiger partial charge in [0.05, 0.1) is 6.04 Å². The molecule has 1 heterocycles. The van der Waals surface area contributed by atoms with Gasteiger partial charge in [-0.15, -0.1) is 0 Å². The van der Waals surface area contributed by atoms with Gasteiger partial charge in [0, 0.05) is 24.6 Å².